The SMILES string of the molecule is CCOCC(C(=O)O)c1ccccc1C. The van der Waals surface area contributed by atoms with Crippen molar-refractivity contribution >= 4 is 5.97 Å². The smallest absolute Gasteiger partial charge is 0.313 e. The highest BCUT2D eigenvalue weighted by Crippen LogP contribution is 2.20. The lowest BCUT2D eigenvalue weighted by molar-refractivity contribution is -0.140. The molecule has 3 nitrogen and oxygen atoms in total. The molecule has 82 valence electrons. The van der Waals surface area contributed by atoms with Crippen LogP contribution in [-0.4, -0.2) is 24.3 Å². The highest BCUT2D eigenvalue weighted by atomic mass is 16.5. The monoisotopic (exact) mass is 208 g/mol. The van der Waals surface area contributed by atoms with Gasteiger partial charge in [-0.25, -0.2) is 0 Å². The van der Waals surface area contributed by atoms with Crippen molar-refractivity contribution in [2.75, 3.05) is 13.2 Å². The third-order valence-electron chi connectivity index (χ3n) is 2.35. The van der Waals surface area contributed by atoms with Gasteiger partial charge in [0.15, 0.2) is 0 Å². The zero-order valence-electron chi connectivity index (χ0n) is 9.06. The molecule has 1 aromatic carbocycles. The van der Waals surface area contributed by atoms with Gasteiger partial charge in [-0.1, -0.05) is 24.3 Å². The zero-order valence-corrected chi connectivity index (χ0v) is 9.06. The van der Waals surface area contributed by atoms with E-state index in [9.17, 15) is 4.79 Å². The number of aryl methyl sites for hydroxylation is 1. The molecule has 0 aromatic heterocycles. The number of carboxylic acid groups (broad SMARTS) is 1. The summed E-state index contributed by atoms with van der Waals surface area (Å²) in [4.78, 5) is 11.1. The zero-order chi connectivity index (χ0) is 11.3. The van der Waals surface area contributed by atoms with E-state index in [4.69, 9.17) is 9.84 Å². The van der Waals surface area contributed by atoms with E-state index in [0.717, 1.165) is 11.1 Å². The second-order valence-electron chi connectivity index (χ2n) is 3.41. The fourth-order valence-corrected chi connectivity index (χ4v) is 1.51. The molecule has 3 heteroatoms. The number of ether oxygens (including phenoxy) is 1. The maximum atomic E-state index is 11.1. The quantitative estimate of drug-likeness (QED) is 0.806. The van der Waals surface area contributed by atoms with E-state index >= 15 is 0 Å². The Hall–Kier alpha value is -1.35. The van der Waals surface area contributed by atoms with E-state index < -0.39 is 11.9 Å². The van der Waals surface area contributed by atoms with Crippen molar-refractivity contribution in [3.05, 3.63) is 35.4 Å². The van der Waals surface area contributed by atoms with Gasteiger partial charge < -0.3 is 9.84 Å². The largest absolute Gasteiger partial charge is 0.481 e. The van der Waals surface area contributed by atoms with Gasteiger partial charge in [0.25, 0.3) is 0 Å². The molecule has 1 unspecified atom stereocenters. The number of carboxylic acids is 1. The van der Waals surface area contributed by atoms with Gasteiger partial charge in [-0.3, -0.25) is 4.79 Å². The lowest BCUT2D eigenvalue weighted by atomic mass is 9.96. The van der Waals surface area contributed by atoms with E-state index in [1.54, 1.807) is 0 Å². The molecule has 15 heavy (non-hydrogen) atoms. The van der Waals surface area contributed by atoms with Gasteiger partial charge in [-0.15, -0.1) is 0 Å². The highest BCUT2D eigenvalue weighted by Gasteiger charge is 2.21. The van der Waals surface area contributed by atoms with E-state index in [0.29, 0.717) is 6.61 Å². The maximum absolute atomic E-state index is 11.1. The minimum atomic E-state index is -0.835. The number of hydrogen-bond acceptors (Lipinski definition) is 2. The van der Waals surface area contributed by atoms with Crippen LogP contribution in [0, 0.1) is 6.92 Å². The molecule has 1 rings (SSSR count). The molecule has 0 bridgehead atoms. The minimum Gasteiger partial charge on any atom is -0.481 e. The van der Waals surface area contributed by atoms with Crippen LogP contribution in [0.1, 0.15) is 24.0 Å². The summed E-state index contributed by atoms with van der Waals surface area (Å²) < 4.78 is 5.19. The predicted molar refractivity (Wildman–Crippen MR) is 58.0 cm³/mol. The second-order valence-corrected chi connectivity index (χ2v) is 3.41. The molecule has 0 aliphatic rings. The van der Waals surface area contributed by atoms with Crippen molar-refractivity contribution in [2.24, 2.45) is 0 Å². The molecule has 0 aliphatic carbocycles. The number of hydrogen-bond donors (Lipinski definition) is 1. The lowest BCUT2D eigenvalue weighted by Crippen LogP contribution is -2.18. The first kappa shape index (κ1) is 11.7. The van der Waals surface area contributed by atoms with Crippen LogP contribution in [-0.2, 0) is 9.53 Å². The normalized spacial score (nSPS) is 12.4. The predicted octanol–water partition coefficient (Wildman–Crippen LogP) is 2.20. The Labute approximate surface area is 89.7 Å². The van der Waals surface area contributed by atoms with Crippen molar-refractivity contribution in [3.8, 4) is 0 Å². The van der Waals surface area contributed by atoms with Crippen LogP contribution >= 0.6 is 0 Å². The van der Waals surface area contributed by atoms with Crippen molar-refractivity contribution in [1.82, 2.24) is 0 Å². The van der Waals surface area contributed by atoms with Crippen molar-refractivity contribution < 1.29 is 14.6 Å². The van der Waals surface area contributed by atoms with Crippen LogP contribution in [0.15, 0.2) is 24.3 Å². The van der Waals surface area contributed by atoms with E-state index in [2.05, 4.69) is 0 Å². The lowest BCUT2D eigenvalue weighted by Gasteiger charge is -2.14. The van der Waals surface area contributed by atoms with Crippen LogP contribution in [0.5, 0.6) is 0 Å². The van der Waals surface area contributed by atoms with Crippen LogP contribution in [0.3, 0.4) is 0 Å². The summed E-state index contributed by atoms with van der Waals surface area (Å²) >= 11 is 0. The molecule has 0 radical (unpaired) electrons. The Morgan fingerprint density at radius 1 is 1.47 bits per heavy atom. The molecule has 0 saturated carbocycles. The Bertz CT molecular complexity index is 333. The molecule has 0 spiro atoms. The third kappa shape index (κ3) is 3.06. The summed E-state index contributed by atoms with van der Waals surface area (Å²) in [5.41, 5.74) is 1.82. The van der Waals surface area contributed by atoms with Gasteiger partial charge in [0, 0.05) is 6.61 Å². The van der Waals surface area contributed by atoms with Crippen LogP contribution in [0.4, 0.5) is 0 Å². The first-order valence-corrected chi connectivity index (χ1v) is 5.03. The first-order valence-electron chi connectivity index (χ1n) is 5.03. The summed E-state index contributed by atoms with van der Waals surface area (Å²) in [6.07, 6.45) is 0. The average molecular weight is 208 g/mol. The Morgan fingerprint density at radius 3 is 2.67 bits per heavy atom. The number of rotatable bonds is 5. The van der Waals surface area contributed by atoms with Gasteiger partial charge in [0.1, 0.15) is 5.92 Å². The molecule has 1 N–H and O–H groups in total. The molecular formula is C12H16O3. The molecule has 0 aliphatic heterocycles. The van der Waals surface area contributed by atoms with Crippen LogP contribution < -0.4 is 0 Å². The van der Waals surface area contributed by atoms with Gasteiger partial charge in [0.2, 0.25) is 0 Å². The first-order chi connectivity index (χ1) is 7.16. The summed E-state index contributed by atoms with van der Waals surface area (Å²) in [5.74, 6) is -1.40. The molecule has 0 fully saturated rings. The standard InChI is InChI=1S/C12H16O3/c1-3-15-8-11(12(13)14)10-7-5-4-6-9(10)2/h4-7,11H,3,8H2,1-2H3,(H,13,14). The second kappa shape index (κ2) is 5.51. The van der Waals surface area contributed by atoms with Crippen molar-refractivity contribution in [2.45, 2.75) is 19.8 Å². The molecule has 0 saturated heterocycles. The Kier molecular flexibility index (Phi) is 4.31. The average Bonchev–Trinajstić information content (AvgIpc) is 2.20. The van der Waals surface area contributed by atoms with Gasteiger partial charge >= 0.3 is 5.97 Å². The van der Waals surface area contributed by atoms with Crippen molar-refractivity contribution in [1.29, 1.82) is 0 Å². The highest BCUT2D eigenvalue weighted by molar-refractivity contribution is 5.76. The molecule has 0 amide bonds. The van der Waals surface area contributed by atoms with E-state index in [-0.39, 0.29) is 6.61 Å². The summed E-state index contributed by atoms with van der Waals surface area (Å²) in [7, 11) is 0. The number of carbonyl (C=O) groups is 1. The Morgan fingerprint density at radius 2 is 2.13 bits per heavy atom. The molecular weight excluding hydrogens is 192 g/mol. The van der Waals surface area contributed by atoms with Gasteiger partial charge in [0.05, 0.1) is 6.61 Å². The van der Waals surface area contributed by atoms with Crippen molar-refractivity contribution in [3.63, 3.8) is 0 Å². The fraction of sp³-hybridized carbons (Fsp3) is 0.417. The Balaban J connectivity index is 2.89. The fourth-order valence-electron chi connectivity index (χ4n) is 1.51. The topological polar surface area (TPSA) is 46.5 Å². The third-order valence-corrected chi connectivity index (χ3v) is 2.35. The molecule has 1 atom stereocenters. The summed E-state index contributed by atoms with van der Waals surface area (Å²) in [5, 5.41) is 9.10. The van der Waals surface area contributed by atoms with E-state index in [1.807, 2.05) is 38.1 Å². The van der Waals surface area contributed by atoms with Crippen LogP contribution in [0.2, 0.25) is 0 Å². The number of aliphatic carboxylic acids is 1. The minimum absolute atomic E-state index is 0.233. The number of benzene rings is 1. The van der Waals surface area contributed by atoms with Crippen LogP contribution in [0.25, 0.3) is 0 Å². The molecule has 1 aromatic rings. The molecule has 0 heterocycles. The summed E-state index contributed by atoms with van der Waals surface area (Å²) in [6, 6.07) is 7.51. The maximum Gasteiger partial charge on any atom is 0.313 e. The van der Waals surface area contributed by atoms with E-state index in [1.165, 1.54) is 0 Å². The summed E-state index contributed by atoms with van der Waals surface area (Å²) in [6.45, 7) is 4.54. The van der Waals surface area contributed by atoms with Gasteiger partial charge in [-0.2, -0.15) is 0 Å². The van der Waals surface area contributed by atoms with Gasteiger partial charge in [-0.05, 0) is 25.0 Å².